The predicted octanol–water partition coefficient (Wildman–Crippen LogP) is 2.95. The van der Waals surface area contributed by atoms with Gasteiger partial charge >= 0.3 is 0 Å². The molecule has 22 heavy (non-hydrogen) atoms. The first-order valence-corrected chi connectivity index (χ1v) is 7.73. The van der Waals surface area contributed by atoms with Crippen LogP contribution in [0.4, 0.5) is 0 Å². The number of carbonyl (C=O) groups is 1. The predicted molar refractivity (Wildman–Crippen MR) is 88.0 cm³/mol. The average Bonchev–Trinajstić information content (AvgIpc) is 2.50. The molecule has 1 heterocycles. The monoisotopic (exact) mass is 321 g/mol. The van der Waals surface area contributed by atoms with Crippen LogP contribution in [0.3, 0.4) is 0 Å². The first kappa shape index (κ1) is 16.6. The van der Waals surface area contributed by atoms with Crippen molar-refractivity contribution >= 4 is 23.6 Å². The fourth-order valence-corrected chi connectivity index (χ4v) is 2.34. The van der Waals surface area contributed by atoms with Crippen molar-refractivity contribution in [2.75, 3.05) is 13.2 Å². The van der Waals surface area contributed by atoms with Crippen LogP contribution < -0.4 is 10.1 Å². The van der Waals surface area contributed by atoms with Crippen LogP contribution in [-0.4, -0.2) is 30.3 Å². The molecule has 1 aromatic rings. The Morgan fingerprint density at radius 2 is 2.36 bits per heavy atom. The number of hydrogen-bond donors (Lipinski definition) is 2. The van der Waals surface area contributed by atoms with Crippen LogP contribution in [-0.2, 0) is 4.79 Å². The molecule has 0 bridgehead atoms. The molecular formula is C17H20ClNO3. The molecule has 1 aliphatic rings. The number of carbonyl (C=O) groups excluding carboxylic acids is 1. The summed E-state index contributed by atoms with van der Waals surface area (Å²) in [5.74, 6) is 0.557. The van der Waals surface area contributed by atoms with Gasteiger partial charge in [0, 0.05) is 23.2 Å². The summed E-state index contributed by atoms with van der Waals surface area (Å²) in [5, 5.41) is 12.9. The van der Waals surface area contributed by atoms with Crippen LogP contribution in [0.25, 0.3) is 6.08 Å². The third-order valence-corrected chi connectivity index (χ3v) is 3.52. The van der Waals surface area contributed by atoms with E-state index < -0.39 is 6.10 Å². The SMILES string of the molecule is CCCC(O)CNC(=O)/C=C/C1=Cc2cc(Cl)ccc2OC1. The summed E-state index contributed by atoms with van der Waals surface area (Å²) in [7, 11) is 0. The van der Waals surface area contributed by atoms with Gasteiger partial charge in [0.2, 0.25) is 5.91 Å². The molecule has 118 valence electrons. The molecule has 1 atom stereocenters. The van der Waals surface area contributed by atoms with Crippen molar-refractivity contribution in [2.45, 2.75) is 25.9 Å². The van der Waals surface area contributed by atoms with Gasteiger partial charge in [-0.3, -0.25) is 4.79 Å². The highest BCUT2D eigenvalue weighted by atomic mass is 35.5. The molecular weight excluding hydrogens is 302 g/mol. The third-order valence-electron chi connectivity index (χ3n) is 3.29. The van der Waals surface area contributed by atoms with Gasteiger partial charge in [-0.25, -0.2) is 0 Å². The van der Waals surface area contributed by atoms with Crippen LogP contribution in [0.15, 0.2) is 35.9 Å². The largest absolute Gasteiger partial charge is 0.488 e. The summed E-state index contributed by atoms with van der Waals surface area (Å²) in [4.78, 5) is 11.7. The van der Waals surface area contributed by atoms with Gasteiger partial charge in [-0.15, -0.1) is 0 Å². The van der Waals surface area contributed by atoms with Crippen LogP contribution in [0.1, 0.15) is 25.3 Å². The Morgan fingerprint density at radius 1 is 1.55 bits per heavy atom. The second-order valence-electron chi connectivity index (χ2n) is 5.21. The highest BCUT2D eigenvalue weighted by molar-refractivity contribution is 6.30. The van der Waals surface area contributed by atoms with E-state index in [0.29, 0.717) is 18.1 Å². The van der Waals surface area contributed by atoms with E-state index >= 15 is 0 Å². The molecule has 1 amide bonds. The summed E-state index contributed by atoms with van der Waals surface area (Å²) < 4.78 is 5.60. The van der Waals surface area contributed by atoms with E-state index in [4.69, 9.17) is 16.3 Å². The minimum atomic E-state index is -0.492. The maximum Gasteiger partial charge on any atom is 0.244 e. The zero-order valence-corrected chi connectivity index (χ0v) is 13.3. The molecule has 2 N–H and O–H groups in total. The Kier molecular flexibility index (Phi) is 6.04. The molecule has 1 aliphatic heterocycles. The molecule has 0 aromatic heterocycles. The van der Waals surface area contributed by atoms with Crippen molar-refractivity contribution in [2.24, 2.45) is 0 Å². The maximum atomic E-state index is 11.7. The second-order valence-corrected chi connectivity index (χ2v) is 5.65. The van der Waals surface area contributed by atoms with Gasteiger partial charge in [-0.2, -0.15) is 0 Å². The Balaban J connectivity index is 1.92. The Hall–Kier alpha value is -1.78. The number of halogens is 1. The molecule has 0 spiro atoms. The van der Waals surface area contributed by atoms with Gasteiger partial charge in [-0.1, -0.05) is 31.0 Å². The van der Waals surface area contributed by atoms with E-state index in [-0.39, 0.29) is 12.5 Å². The lowest BCUT2D eigenvalue weighted by Crippen LogP contribution is -2.30. The minimum Gasteiger partial charge on any atom is -0.488 e. The molecule has 1 aromatic carbocycles. The fraction of sp³-hybridized carbons (Fsp3) is 0.353. The van der Waals surface area contributed by atoms with E-state index in [1.54, 1.807) is 12.1 Å². The van der Waals surface area contributed by atoms with Gasteiger partial charge < -0.3 is 15.2 Å². The van der Waals surface area contributed by atoms with Gasteiger partial charge in [0.25, 0.3) is 0 Å². The number of fused-ring (bicyclic) bond motifs is 1. The van der Waals surface area contributed by atoms with Crippen LogP contribution in [0.2, 0.25) is 5.02 Å². The lowest BCUT2D eigenvalue weighted by atomic mass is 10.1. The number of amides is 1. The quantitative estimate of drug-likeness (QED) is 0.792. The van der Waals surface area contributed by atoms with Crippen molar-refractivity contribution < 1.29 is 14.6 Å². The van der Waals surface area contributed by atoms with Gasteiger partial charge in [0.15, 0.2) is 0 Å². The van der Waals surface area contributed by atoms with E-state index in [2.05, 4.69) is 5.32 Å². The van der Waals surface area contributed by atoms with E-state index in [0.717, 1.165) is 23.3 Å². The van der Waals surface area contributed by atoms with E-state index in [1.807, 2.05) is 25.1 Å². The third kappa shape index (κ3) is 4.90. The maximum absolute atomic E-state index is 11.7. The highest BCUT2D eigenvalue weighted by Crippen LogP contribution is 2.29. The summed E-state index contributed by atoms with van der Waals surface area (Å²) in [6.45, 7) is 2.67. The van der Waals surface area contributed by atoms with Crippen molar-refractivity contribution in [3.05, 3.63) is 46.5 Å². The lowest BCUT2D eigenvalue weighted by Gasteiger charge is -2.16. The first-order valence-electron chi connectivity index (χ1n) is 7.35. The van der Waals surface area contributed by atoms with E-state index in [1.165, 1.54) is 6.08 Å². The Labute approximate surface area is 135 Å². The second kappa shape index (κ2) is 8.01. The zero-order valence-electron chi connectivity index (χ0n) is 12.5. The van der Waals surface area contributed by atoms with Gasteiger partial charge in [0.05, 0.1) is 6.10 Å². The molecule has 2 rings (SSSR count). The van der Waals surface area contributed by atoms with Crippen molar-refractivity contribution in [3.8, 4) is 5.75 Å². The average molecular weight is 322 g/mol. The molecule has 0 radical (unpaired) electrons. The smallest absolute Gasteiger partial charge is 0.244 e. The number of nitrogens with one attached hydrogen (secondary N) is 1. The molecule has 5 heteroatoms. The number of rotatable bonds is 6. The van der Waals surface area contributed by atoms with Crippen LogP contribution in [0, 0.1) is 0 Å². The summed E-state index contributed by atoms with van der Waals surface area (Å²) in [5.41, 5.74) is 1.79. The summed E-state index contributed by atoms with van der Waals surface area (Å²) >= 11 is 5.96. The molecule has 4 nitrogen and oxygen atoms in total. The summed E-state index contributed by atoms with van der Waals surface area (Å²) in [6.07, 6.45) is 6.18. The zero-order chi connectivity index (χ0) is 15.9. The van der Waals surface area contributed by atoms with Crippen molar-refractivity contribution in [1.82, 2.24) is 5.32 Å². The Bertz CT molecular complexity index is 596. The fourth-order valence-electron chi connectivity index (χ4n) is 2.16. The summed E-state index contributed by atoms with van der Waals surface area (Å²) in [6, 6.07) is 5.44. The highest BCUT2D eigenvalue weighted by Gasteiger charge is 2.10. The number of aliphatic hydroxyl groups excluding tert-OH is 1. The Morgan fingerprint density at radius 3 is 3.14 bits per heavy atom. The number of aliphatic hydroxyl groups is 1. The standard InChI is InChI=1S/C17H20ClNO3/c1-2-3-15(20)10-19-17(21)7-4-12-8-13-9-14(18)5-6-16(13)22-11-12/h4-9,15,20H,2-3,10-11H2,1H3,(H,19,21)/b7-4+. The van der Waals surface area contributed by atoms with Crippen molar-refractivity contribution in [1.29, 1.82) is 0 Å². The minimum absolute atomic E-state index is 0.229. The topological polar surface area (TPSA) is 58.6 Å². The van der Waals surface area contributed by atoms with Crippen LogP contribution >= 0.6 is 11.6 Å². The first-order chi connectivity index (χ1) is 10.6. The normalized spacial score (nSPS) is 15.0. The molecule has 0 fully saturated rings. The van der Waals surface area contributed by atoms with Crippen molar-refractivity contribution in [3.63, 3.8) is 0 Å². The van der Waals surface area contributed by atoms with Gasteiger partial charge in [0.1, 0.15) is 12.4 Å². The number of benzene rings is 1. The van der Waals surface area contributed by atoms with E-state index in [9.17, 15) is 9.90 Å². The molecule has 0 saturated heterocycles. The molecule has 1 unspecified atom stereocenters. The van der Waals surface area contributed by atoms with Gasteiger partial charge in [-0.05, 0) is 36.3 Å². The molecule has 0 aliphatic carbocycles. The lowest BCUT2D eigenvalue weighted by molar-refractivity contribution is -0.117. The van der Waals surface area contributed by atoms with Crippen LogP contribution in [0.5, 0.6) is 5.75 Å². The molecule has 0 saturated carbocycles. The number of hydrogen-bond acceptors (Lipinski definition) is 3. The number of ether oxygens (including phenoxy) is 1.